The molecule has 0 saturated heterocycles. The first-order valence-corrected chi connectivity index (χ1v) is 8.00. The zero-order valence-electron chi connectivity index (χ0n) is 14.2. The second-order valence-corrected chi connectivity index (χ2v) is 5.09. The highest BCUT2D eigenvalue weighted by molar-refractivity contribution is 5.95. The van der Waals surface area contributed by atoms with Gasteiger partial charge in [-0.3, -0.25) is 19.2 Å². The quantitative estimate of drug-likeness (QED) is 0.382. The maximum Gasteiger partial charge on any atom is 0.320 e. The fraction of sp³-hybridized carbons (Fsp3) is 0.733. The fourth-order valence-corrected chi connectivity index (χ4v) is 1.77. The van der Waals surface area contributed by atoms with E-state index in [0.29, 0.717) is 19.4 Å². The first-order valence-electron chi connectivity index (χ1n) is 8.00. The van der Waals surface area contributed by atoms with Crippen LogP contribution in [0.1, 0.15) is 39.5 Å². The highest BCUT2D eigenvalue weighted by Gasteiger charge is 2.39. The van der Waals surface area contributed by atoms with Crippen molar-refractivity contribution in [3.63, 3.8) is 0 Å². The summed E-state index contributed by atoms with van der Waals surface area (Å²) < 4.78 is 9.93. The third-order valence-electron chi connectivity index (χ3n) is 3.03. The molecule has 0 aliphatic carbocycles. The number of nitrogens with one attached hydrogen (secondary N) is 1. The van der Waals surface area contributed by atoms with Crippen molar-refractivity contribution in [3.8, 4) is 0 Å². The van der Waals surface area contributed by atoms with E-state index in [1.54, 1.807) is 0 Å². The van der Waals surface area contributed by atoms with Crippen molar-refractivity contribution in [1.82, 2.24) is 5.32 Å². The topological polar surface area (TPSA) is 151 Å². The molecule has 0 aromatic heterocycles. The number of esters is 2. The van der Waals surface area contributed by atoms with E-state index in [9.17, 15) is 19.2 Å². The van der Waals surface area contributed by atoms with E-state index in [4.69, 9.17) is 20.9 Å². The van der Waals surface area contributed by atoms with Crippen LogP contribution in [0.5, 0.6) is 0 Å². The van der Waals surface area contributed by atoms with Gasteiger partial charge in [-0.1, -0.05) is 20.3 Å². The molecule has 0 spiro atoms. The Morgan fingerprint density at radius 3 is 1.92 bits per heavy atom. The molecule has 0 unspecified atom stereocenters. The number of rotatable bonds is 12. The predicted molar refractivity (Wildman–Crippen MR) is 85.7 cm³/mol. The fourth-order valence-electron chi connectivity index (χ4n) is 1.77. The van der Waals surface area contributed by atoms with Crippen molar-refractivity contribution in [2.45, 2.75) is 51.7 Å². The van der Waals surface area contributed by atoms with Gasteiger partial charge in [0.1, 0.15) is 0 Å². The maximum absolute atomic E-state index is 12.3. The van der Waals surface area contributed by atoms with E-state index in [-0.39, 0.29) is 6.42 Å². The molecule has 0 aliphatic heterocycles. The van der Waals surface area contributed by atoms with E-state index in [1.807, 2.05) is 13.8 Å². The summed E-state index contributed by atoms with van der Waals surface area (Å²) >= 11 is 0. The highest BCUT2D eigenvalue weighted by Crippen LogP contribution is 2.12. The average Bonchev–Trinajstić information content (AvgIpc) is 2.59. The van der Waals surface area contributed by atoms with E-state index in [0.717, 1.165) is 6.42 Å². The van der Waals surface area contributed by atoms with Gasteiger partial charge in [-0.2, -0.15) is 0 Å². The van der Waals surface area contributed by atoms with Crippen molar-refractivity contribution in [2.75, 3.05) is 19.6 Å². The summed E-state index contributed by atoms with van der Waals surface area (Å²) in [5.41, 5.74) is 10.4. The van der Waals surface area contributed by atoms with Crippen LogP contribution in [-0.4, -0.2) is 55.5 Å². The van der Waals surface area contributed by atoms with Crippen LogP contribution in [0.4, 0.5) is 0 Å². The Morgan fingerprint density at radius 1 is 0.917 bits per heavy atom. The number of ketones is 1. The van der Waals surface area contributed by atoms with Crippen molar-refractivity contribution in [2.24, 2.45) is 11.5 Å². The lowest BCUT2D eigenvalue weighted by Gasteiger charge is -2.25. The lowest BCUT2D eigenvalue weighted by atomic mass is 10.0. The molecule has 0 aromatic rings. The second-order valence-electron chi connectivity index (χ2n) is 5.09. The van der Waals surface area contributed by atoms with E-state index in [1.165, 1.54) is 0 Å². The maximum atomic E-state index is 12.3. The third kappa shape index (κ3) is 8.02. The molecule has 0 aliphatic rings. The molecule has 5 N–H and O–H groups in total. The second kappa shape index (κ2) is 12.4. The van der Waals surface area contributed by atoms with Gasteiger partial charge >= 0.3 is 11.9 Å². The van der Waals surface area contributed by atoms with Crippen LogP contribution in [0, 0.1) is 0 Å². The van der Waals surface area contributed by atoms with Gasteiger partial charge < -0.3 is 26.3 Å². The van der Waals surface area contributed by atoms with E-state index in [2.05, 4.69) is 5.32 Å². The molecule has 0 aromatic carbocycles. The van der Waals surface area contributed by atoms with Crippen LogP contribution in [0.3, 0.4) is 0 Å². The monoisotopic (exact) mass is 345 g/mol. The normalized spacial score (nSPS) is 12.8. The molecule has 1 amide bonds. The summed E-state index contributed by atoms with van der Waals surface area (Å²) in [5, 5.41) is 2.51. The number of nitrogens with two attached hydrogens (primary N) is 2. The summed E-state index contributed by atoms with van der Waals surface area (Å²) in [6.07, 6.45) is -1.13. The van der Waals surface area contributed by atoms with Crippen LogP contribution in [0.2, 0.25) is 0 Å². The Balaban J connectivity index is 5.40. The number of amides is 1. The van der Waals surface area contributed by atoms with Gasteiger partial charge in [-0.25, -0.2) is 0 Å². The van der Waals surface area contributed by atoms with Gasteiger partial charge in [0.05, 0.1) is 13.1 Å². The molecule has 9 nitrogen and oxygen atoms in total. The van der Waals surface area contributed by atoms with Crippen molar-refractivity contribution in [3.05, 3.63) is 0 Å². The molecule has 0 saturated carbocycles. The van der Waals surface area contributed by atoms with Crippen LogP contribution >= 0.6 is 0 Å². The Bertz CT molecular complexity index is 401. The molecule has 0 fully saturated rings. The summed E-state index contributed by atoms with van der Waals surface area (Å²) in [6.45, 7) is 3.09. The Labute approximate surface area is 141 Å². The highest BCUT2D eigenvalue weighted by atomic mass is 16.6. The molecular weight excluding hydrogens is 318 g/mol. The van der Waals surface area contributed by atoms with Gasteiger partial charge in [-0.05, 0) is 12.8 Å². The molecule has 2 atom stereocenters. The lowest BCUT2D eigenvalue weighted by molar-refractivity contribution is -0.174. The van der Waals surface area contributed by atoms with Gasteiger partial charge in [0.15, 0.2) is 5.78 Å². The molecule has 0 radical (unpaired) electrons. The number of hydrogen-bond acceptors (Lipinski definition) is 8. The zero-order chi connectivity index (χ0) is 18.5. The Kier molecular flexibility index (Phi) is 11.4. The van der Waals surface area contributed by atoms with Crippen LogP contribution in [-0.2, 0) is 28.7 Å². The number of ether oxygens (including phenoxy) is 2. The molecule has 138 valence electrons. The summed E-state index contributed by atoms with van der Waals surface area (Å²) in [7, 11) is 0. The lowest BCUT2D eigenvalue weighted by Crippen LogP contribution is -2.51. The van der Waals surface area contributed by atoms with Gasteiger partial charge in [0, 0.05) is 13.0 Å². The minimum Gasteiger partial charge on any atom is -0.449 e. The first-order chi connectivity index (χ1) is 11.4. The SMILES string of the molecule is CCCCC(=O)[C@H](OC(=O)CN)[C@@H](OC(=O)CN)C(=O)NCCC. The Morgan fingerprint density at radius 2 is 1.46 bits per heavy atom. The summed E-state index contributed by atoms with van der Waals surface area (Å²) in [4.78, 5) is 47.6. The zero-order valence-corrected chi connectivity index (χ0v) is 14.2. The van der Waals surface area contributed by atoms with Crippen molar-refractivity contribution in [1.29, 1.82) is 0 Å². The number of carbonyl (C=O) groups is 4. The van der Waals surface area contributed by atoms with E-state index < -0.39 is 48.9 Å². The average molecular weight is 345 g/mol. The number of Topliss-reactive ketones (excluding diaryl/α,β-unsaturated/α-hetero) is 1. The van der Waals surface area contributed by atoms with Crippen molar-refractivity contribution >= 4 is 23.6 Å². The molecule has 0 rings (SSSR count). The molecule has 0 heterocycles. The smallest absolute Gasteiger partial charge is 0.320 e. The first kappa shape index (κ1) is 22.0. The molecular formula is C15H27N3O6. The number of carbonyl (C=O) groups excluding carboxylic acids is 4. The molecule has 0 bridgehead atoms. The molecule has 9 heteroatoms. The molecule has 24 heavy (non-hydrogen) atoms. The van der Waals surface area contributed by atoms with Crippen LogP contribution in [0.25, 0.3) is 0 Å². The minimum atomic E-state index is -1.59. The van der Waals surface area contributed by atoms with Crippen LogP contribution < -0.4 is 16.8 Å². The predicted octanol–water partition coefficient (Wildman–Crippen LogP) is -0.987. The van der Waals surface area contributed by atoms with Gasteiger partial charge in [-0.15, -0.1) is 0 Å². The van der Waals surface area contributed by atoms with Crippen molar-refractivity contribution < 1.29 is 28.7 Å². The van der Waals surface area contributed by atoms with Gasteiger partial charge in [0.2, 0.25) is 12.2 Å². The van der Waals surface area contributed by atoms with Crippen LogP contribution in [0.15, 0.2) is 0 Å². The van der Waals surface area contributed by atoms with Gasteiger partial charge in [0.25, 0.3) is 5.91 Å². The minimum absolute atomic E-state index is 0.0801. The summed E-state index contributed by atoms with van der Waals surface area (Å²) in [6, 6.07) is 0. The third-order valence-corrected chi connectivity index (χ3v) is 3.03. The Hall–Kier alpha value is -2.00. The summed E-state index contributed by atoms with van der Waals surface area (Å²) in [5.74, 6) is -3.00. The number of hydrogen-bond donors (Lipinski definition) is 3. The largest absolute Gasteiger partial charge is 0.449 e. The standard InChI is InChI=1S/C15H27N3O6/c1-3-5-6-10(19)13(23-11(20)8-16)14(24-12(21)9-17)15(22)18-7-4-2/h13-14H,3-9,16-17H2,1-2H3,(H,18,22)/t13-,14+/m0/s1. The number of unbranched alkanes of at least 4 members (excludes halogenated alkanes) is 1. The van der Waals surface area contributed by atoms with E-state index >= 15 is 0 Å².